The van der Waals surface area contributed by atoms with E-state index >= 15 is 0 Å². The van der Waals surface area contributed by atoms with Crippen LogP contribution in [0.5, 0.6) is 0 Å². The number of benzene rings is 2. The summed E-state index contributed by atoms with van der Waals surface area (Å²) in [4.78, 5) is 0. The van der Waals surface area contributed by atoms with Crippen LogP contribution in [0.25, 0.3) is 5.70 Å². The minimum absolute atomic E-state index is 0.0746. The first-order valence-electron chi connectivity index (χ1n) is 8.28. The first kappa shape index (κ1) is 20.6. The molecule has 2 nitrogen and oxygen atoms in total. The van der Waals surface area contributed by atoms with E-state index in [1.165, 1.54) is 19.9 Å². The molecule has 2 aromatic rings. The number of aryl methyl sites for hydroxylation is 1. The Morgan fingerprint density at radius 3 is 2.19 bits per heavy atom. The summed E-state index contributed by atoms with van der Waals surface area (Å²) in [5.41, 5.74) is -1.00. The van der Waals surface area contributed by atoms with Crippen LogP contribution in [0.1, 0.15) is 30.5 Å². The average molecular weight is 378 g/mol. The molecule has 0 saturated heterocycles. The lowest BCUT2D eigenvalue weighted by Crippen LogP contribution is -2.21. The zero-order valence-corrected chi connectivity index (χ0v) is 15.7. The summed E-state index contributed by atoms with van der Waals surface area (Å²) in [7, 11) is 0. The highest BCUT2D eigenvalue weighted by Crippen LogP contribution is 2.32. The van der Waals surface area contributed by atoms with Gasteiger partial charge < -0.3 is 10.6 Å². The fourth-order valence-corrected chi connectivity index (χ4v) is 2.42. The van der Waals surface area contributed by atoms with Crippen molar-refractivity contribution in [3.05, 3.63) is 77.3 Å². The molecule has 2 N–H and O–H groups in total. The molecule has 0 aliphatic rings. The highest BCUT2D eigenvalue weighted by atomic mass is 19.1. The van der Waals surface area contributed by atoms with Crippen LogP contribution in [0.15, 0.2) is 43.1 Å². The molecular formula is C21H22F4N2. The van der Waals surface area contributed by atoms with Crippen molar-refractivity contribution in [1.82, 2.24) is 0 Å². The van der Waals surface area contributed by atoms with Crippen LogP contribution in [0, 0.1) is 31.3 Å². The third-order valence-electron chi connectivity index (χ3n) is 4.18. The highest BCUT2D eigenvalue weighted by molar-refractivity contribution is 5.79. The summed E-state index contributed by atoms with van der Waals surface area (Å²) in [6.07, 6.45) is 0. The van der Waals surface area contributed by atoms with Gasteiger partial charge in [-0.25, -0.2) is 17.6 Å². The average Bonchev–Trinajstić information content (AvgIpc) is 2.56. The van der Waals surface area contributed by atoms with Gasteiger partial charge in [-0.3, -0.25) is 0 Å². The summed E-state index contributed by atoms with van der Waals surface area (Å²) in [5, 5.41) is 5.09. The second-order valence-electron chi connectivity index (χ2n) is 6.88. The first-order chi connectivity index (χ1) is 12.4. The zero-order valence-electron chi connectivity index (χ0n) is 15.7. The number of alkyl halides is 1. The van der Waals surface area contributed by atoms with E-state index in [2.05, 4.69) is 23.8 Å². The van der Waals surface area contributed by atoms with Crippen molar-refractivity contribution in [2.24, 2.45) is 0 Å². The minimum atomic E-state index is -1.80. The smallest absolute Gasteiger partial charge is 0.173 e. The van der Waals surface area contributed by atoms with Gasteiger partial charge in [0.25, 0.3) is 0 Å². The molecular weight excluding hydrogens is 356 g/mol. The van der Waals surface area contributed by atoms with E-state index in [1.54, 1.807) is 19.9 Å². The van der Waals surface area contributed by atoms with Gasteiger partial charge in [0.15, 0.2) is 5.82 Å². The molecule has 0 saturated carbocycles. The van der Waals surface area contributed by atoms with Gasteiger partial charge >= 0.3 is 0 Å². The molecule has 0 radical (unpaired) electrons. The molecule has 0 amide bonds. The molecule has 0 aliphatic carbocycles. The van der Waals surface area contributed by atoms with E-state index in [4.69, 9.17) is 0 Å². The lowest BCUT2D eigenvalue weighted by molar-refractivity contribution is 0.271. The van der Waals surface area contributed by atoms with Crippen LogP contribution in [-0.2, 0) is 0 Å². The van der Waals surface area contributed by atoms with Crippen LogP contribution in [0.3, 0.4) is 0 Å². The molecule has 144 valence electrons. The predicted octanol–water partition coefficient (Wildman–Crippen LogP) is 6.48. The monoisotopic (exact) mass is 378 g/mol. The van der Waals surface area contributed by atoms with Crippen LogP contribution >= 0.6 is 0 Å². The summed E-state index contributed by atoms with van der Waals surface area (Å²) in [5.74, 6) is -2.27. The number of anilines is 2. The number of halogens is 4. The third-order valence-corrected chi connectivity index (χ3v) is 4.18. The van der Waals surface area contributed by atoms with E-state index < -0.39 is 28.8 Å². The lowest BCUT2D eigenvalue weighted by Gasteiger charge is -2.21. The summed E-state index contributed by atoms with van der Waals surface area (Å²) in [6.45, 7) is 13.1. The van der Waals surface area contributed by atoms with Crippen molar-refractivity contribution in [2.75, 3.05) is 10.6 Å². The maximum Gasteiger partial charge on any atom is 0.173 e. The number of nitrogens with one attached hydrogen (secondary N) is 2. The van der Waals surface area contributed by atoms with Crippen LogP contribution in [-0.4, -0.2) is 5.67 Å². The van der Waals surface area contributed by atoms with Gasteiger partial charge in [-0.15, -0.1) is 0 Å². The first-order valence-corrected chi connectivity index (χ1v) is 8.28. The van der Waals surface area contributed by atoms with E-state index in [0.717, 1.165) is 12.1 Å². The van der Waals surface area contributed by atoms with Crippen molar-refractivity contribution in [3.63, 3.8) is 0 Å². The molecule has 0 aliphatic heterocycles. The SMILES string of the molecule is C=C(Nc1c(F)ccc(NC(=C)C(C)(C)F)c1F)c1cc(C)cc(F)c1C. The Morgan fingerprint density at radius 1 is 0.963 bits per heavy atom. The number of rotatable bonds is 6. The van der Waals surface area contributed by atoms with Crippen molar-refractivity contribution in [3.8, 4) is 0 Å². The van der Waals surface area contributed by atoms with Gasteiger partial charge in [0, 0.05) is 17.0 Å². The van der Waals surface area contributed by atoms with Gasteiger partial charge in [-0.1, -0.05) is 13.2 Å². The third kappa shape index (κ3) is 4.51. The quantitative estimate of drug-likeness (QED) is 0.562. The Bertz CT molecular complexity index is 911. The van der Waals surface area contributed by atoms with Gasteiger partial charge in [0.05, 0.1) is 5.69 Å². The van der Waals surface area contributed by atoms with E-state index in [0.29, 0.717) is 16.7 Å². The molecule has 2 aromatic carbocycles. The largest absolute Gasteiger partial charge is 0.354 e. The second-order valence-corrected chi connectivity index (χ2v) is 6.88. The van der Waals surface area contributed by atoms with Crippen molar-refractivity contribution < 1.29 is 17.6 Å². The van der Waals surface area contributed by atoms with Crippen LogP contribution < -0.4 is 10.6 Å². The van der Waals surface area contributed by atoms with E-state index in [-0.39, 0.29) is 17.1 Å². The van der Waals surface area contributed by atoms with Crippen molar-refractivity contribution in [1.29, 1.82) is 0 Å². The fourth-order valence-electron chi connectivity index (χ4n) is 2.42. The zero-order chi connectivity index (χ0) is 20.5. The Morgan fingerprint density at radius 2 is 1.59 bits per heavy atom. The predicted molar refractivity (Wildman–Crippen MR) is 103 cm³/mol. The van der Waals surface area contributed by atoms with Gasteiger partial charge in [-0.05, 0) is 63.1 Å². The fraction of sp³-hybridized carbons (Fsp3) is 0.238. The highest BCUT2D eigenvalue weighted by Gasteiger charge is 2.23. The molecule has 0 spiro atoms. The Balaban J connectivity index is 2.38. The van der Waals surface area contributed by atoms with Crippen molar-refractivity contribution in [2.45, 2.75) is 33.4 Å². The Hall–Kier alpha value is -2.76. The molecule has 0 fully saturated rings. The van der Waals surface area contributed by atoms with Crippen LogP contribution in [0.2, 0.25) is 0 Å². The molecule has 0 aromatic heterocycles. The lowest BCUT2D eigenvalue weighted by atomic mass is 10.0. The maximum absolute atomic E-state index is 14.8. The molecule has 0 heterocycles. The van der Waals surface area contributed by atoms with Crippen molar-refractivity contribution >= 4 is 17.1 Å². The maximum atomic E-state index is 14.8. The molecule has 0 atom stereocenters. The topological polar surface area (TPSA) is 24.1 Å². The molecule has 0 bridgehead atoms. The molecule has 2 rings (SSSR count). The van der Waals surface area contributed by atoms with Gasteiger partial charge in [0.1, 0.15) is 23.0 Å². The van der Waals surface area contributed by atoms with Gasteiger partial charge in [0.2, 0.25) is 0 Å². The summed E-state index contributed by atoms with van der Waals surface area (Å²) >= 11 is 0. The normalized spacial score (nSPS) is 11.3. The van der Waals surface area contributed by atoms with Crippen LogP contribution in [0.4, 0.5) is 28.9 Å². The Labute approximate surface area is 156 Å². The summed E-state index contributed by atoms with van der Waals surface area (Å²) in [6, 6.07) is 5.21. The second kappa shape index (κ2) is 7.47. The summed E-state index contributed by atoms with van der Waals surface area (Å²) < 4.78 is 56.8. The number of allylic oxidation sites excluding steroid dienone is 1. The van der Waals surface area contributed by atoms with E-state index in [9.17, 15) is 17.6 Å². The van der Waals surface area contributed by atoms with E-state index in [1.807, 2.05) is 0 Å². The number of hydrogen-bond acceptors (Lipinski definition) is 2. The standard InChI is InChI=1S/C21H22F4N2/c1-11-9-15(12(2)17(23)10-11)13(3)26-20-16(22)7-8-18(19(20)24)27-14(4)21(5,6)25/h7-10,26-27H,3-4H2,1-2,5-6H3. The molecule has 6 heteroatoms. The molecule has 27 heavy (non-hydrogen) atoms. The Kier molecular flexibility index (Phi) is 5.68. The van der Waals surface area contributed by atoms with Gasteiger partial charge in [-0.2, -0.15) is 0 Å². The molecule has 0 unspecified atom stereocenters. The number of hydrogen-bond donors (Lipinski definition) is 2. The minimum Gasteiger partial charge on any atom is -0.354 e.